The molecule has 0 saturated carbocycles. The molecule has 1 aliphatic rings. The molecule has 3 aromatic rings. The van der Waals surface area contributed by atoms with E-state index in [1.165, 1.54) is 12.1 Å². The lowest BCUT2D eigenvalue weighted by Crippen LogP contribution is -2.06. The second kappa shape index (κ2) is 6.43. The third-order valence-electron chi connectivity index (χ3n) is 4.38. The molecule has 0 aromatic heterocycles. The summed E-state index contributed by atoms with van der Waals surface area (Å²) in [5.74, 6) is -0.0761. The second-order valence-corrected chi connectivity index (χ2v) is 6.08. The van der Waals surface area contributed by atoms with Crippen molar-refractivity contribution in [1.29, 1.82) is 0 Å². The highest BCUT2D eigenvalue weighted by Crippen LogP contribution is 2.41. The lowest BCUT2D eigenvalue weighted by molar-refractivity contribution is -0.137. The van der Waals surface area contributed by atoms with Crippen LogP contribution in [0.5, 0.6) is 5.75 Å². The number of benzene rings is 3. The first-order valence-electron chi connectivity index (χ1n) is 8.24. The summed E-state index contributed by atoms with van der Waals surface area (Å²) in [5.41, 5.74) is 2.01. The maximum Gasteiger partial charge on any atom is 0.416 e. The molecule has 0 saturated heterocycles. The minimum atomic E-state index is -4.42. The Kier molecular flexibility index (Phi) is 4.07. The smallest absolute Gasteiger partial charge is 0.416 e. The van der Waals surface area contributed by atoms with Crippen LogP contribution in [-0.4, -0.2) is 5.97 Å². The van der Waals surface area contributed by atoms with Gasteiger partial charge in [0.05, 0.1) is 11.1 Å². The Morgan fingerprint density at radius 1 is 0.741 bits per heavy atom. The van der Waals surface area contributed by atoms with E-state index in [-0.39, 0.29) is 0 Å². The van der Waals surface area contributed by atoms with E-state index < -0.39 is 17.7 Å². The molecule has 0 unspecified atom stereocenters. The summed E-state index contributed by atoms with van der Waals surface area (Å²) in [4.78, 5) is 12.6. The van der Waals surface area contributed by atoms with E-state index in [1.54, 1.807) is 24.3 Å². The molecule has 5 heteroatoms. The molecule has 0 amide bonds. The number of esters is 1. The van der Waals surface area contributed by atoms with Crippen LogP contribution in [0.3, 0.4) is 0 Å². The van der Waals surface area contributed by atoms with Gasteiger partial charge < -0.3 is 4.74 Å². The Hall–Kier alpha value is -3.34. The largest absolute Gasteiger partial charge is 0.422 e. The Labute approximate surface area is 153 Å². The first kappa shape index (κ1) is 17.1. The van der Waals surface area contributed by atoms with Crippen molar-refractivity contribution in [1.82, 2.24) is 0 Å². The van der Waals surface area contributed by atoms with Crippen molar-refractivity contribution < 1.29 is 22.7 Å². The van der Waals surface area contributed by atoms with E-state index in [4.69, 9.17) is 4.74 Å². The molecule has 134 valence electrons. The van der Waals surface area contributed by atoms with Crippen LogP contribution in [0.25, 0.3) is 11.1 Å². The quantitative estimate of drug-likeness (QED) is 0.336. The van der Waals surface area contributed by atoms with Crippen LogP contribution in [0.1, 0.15) is 22.3 Å². The third-order valence-corrected chi connectivity index (χ3v) is 4.38. The number of ether oxygens (including phenoxy) is 1. The van der Waals surface area contributed by atoms with Crippen LogP contribution in [-0.2, 0) is 11.0 Å². The number of carbonyl (C=O) groups is 1. The summed E-state index contributed by atoms with van der Waals surface area (Å²) < 4.78 is 44.1. The molecule has 0 spiro atoms. The van der Waals surface area contributed by atoms with Crippen molar-refractivity contribution >= 4 is 17.1 Å². The first-order valence-corrected chi connectivity index (χ1v) is 8.24. The summed E-state index contributed by atoms with van der Waals surface area (Å²) in [7, 11) is 0. The van der Waals surface area contributed by atoms with Crippen molar-refractivity contribution in [2.75, 3.05) is 0 Å². The van der Waals surface area contributed by atoms with Gasteiger partial charge in [-0.25, -0.2) is 4.79 Å². The summed E-state index contributed by atoms with van der Waals surface area (Å²) >= 11 is 0. The molecule has 2 nitrogen and oxygen atoms in total. The average molecular weight is 366 g/mol. The highest BCUT2D eigenvalue weighted by Gasteiger charge is 2.32. The maximum absolute atomic E-state index is 12.9. The molecule has 0 fully saturated rings. The Balaban J connectivity index is 1.96. The summed E-state index contributed by atoms with van der Waals surface area (Å²) in [6, 6.07) is 20.9. The van der Waals surface area contributed by atoms with Crippen LogP contribution < -0.4 is 4.74 Å². The first-order chi connectivity index (χ1) is 12.9. The Morgan fingerprint density at radius 2 is 1.33 bits per heavy atom. The topological polar surface area (TPSA) is 26.3 Å². The monoisotopic (exact) mass is 366 g/mol. The summed E-state index contributed by atoms with van der Waals surface area (Å²) in [6.45, 7) is 0. The van der Waals surface area contributed by atoms with Crippen LogP contribution in [0.2, 0.25) is 0 Å². The maximum atomic E-state index is 12.9. The minimum Gasteiger partial charge on any atom is -0.422 e. The predicted molar refractivity (Wildman–Crippen MR) is 95.9 cm³/mol. The number of rotatable bonds is 2. The Morgan fingerprint density at radius 3 is 2.00 bits per heavy atom. The van der Waals surface area contributed by atoms with Gasteiger partial charge in [0.1, 0.15) is 5.75 Å². The van der Waals surface area contributed by atoms with Crippen LogP contribution in [0.4, 0.5) is 13.2 Å². The van der Waals surface area contributed by atoms with E-state index >= 15 is 0 Å². The van der Waals surface area contributed by atoms with E-state index in [2.05, 4.69) is 0 Å². The van der Waals surface area contributed by atoms with Crippen molar-refractivity contribution in [2.45, 2.75) is 6.18 Å². The molecule has 1 heterocycles. The molecule has 0 bridgehead atoms. The zero-order valence-electron chi connectivity index (χ0n) is 14.0. The molecule has 0 N–H and O–H groups in total. The van der Waals surface area contributed by atoms with E-state index in [1.807, 2.05) is 30.3 Å². The summed E-state index contributed by atoms with van der Waals surface area (Å²) in [6.07, 6.45) is -4.42. The number of hydrogen-bond acceptors (Lipinski definition) is 2. The van der Waals surface area contributed by atoms with Crippen LogP contribution in [0, 0.1) is 0 Å². The molecule has 0 atom stereocenters. The highest BCUT2D eigenvalue weighted by atomic mass is 19.4. The fourth-order valence-corrected chi connectivity index (χ4v) is 3.15. The molecule has 0 aliphatic carbocycles. The van der Waals surface area contributed by atoms with E-state index in [0.717, 1.165) is 17.7 Å². The molecular formula is C22H13F3O2. The number of fused-ring (bicyclic) bond motifs is 1. The molecule has 3 aromatic carbocycles. The standard InChI is InChI=1S/C22H13F3O2/c23-22(24,25)16-12-10-15(11-13-16)19(14-6-2-1-3-7-14)20-17-8-4-5-9-18(17)27-21(20)26/h1-13H. The lowest BCUT2D eigenvalue weighted by Gasteiger charge is -2.13. The van der Waals surface area contributed by atoms with Crippen molar-refractivity contribution in [3.8, 4) is 5.75 Å². The second-order valence-electron chi connectivity index (χ2n) is 6.08. The summed E-state index contributed by atoms with van der Waals surface area (Å²) in [5, 5.41) is 0. The van der Waals surface area contributed by atoms with Gasteiger partial charge >= 0.3 is 12.1 Å². The Bertz CT molecular complexity index is 1030. The van der Waals surface area contributed by atoms with Gasteiger partial charge in [0.2, 0.25) is 0 Å². The fourth-order valence-electron chi connectivity index (χ4n) is 3.15. The van der Waals surface area contributed by atoms with Crippen LogP contribution >= 0.6 is 0 Å². The van der Waals surface area contributed by atoms with Crippen LogP contribution in [0.15, 0.2) is 78.9 Å². The molecule has 1 aliphatic heterocycles. The van der Waals surface area contributed by atoms with Gasteiger partial charge in [-0.05, 0) is 29.3 Å². The van der Waals surface area contributed by atoms with Crippen molar-refractivity contribution in [2.24, 2.45) is 0 Å². The van der Waals surface area contributed by atoms with E-state index in [9.17, 15) is 18.0 Å². The van der Waals surface area contributed by atoms with Gasteiger partial charge in [-0.3, -0.25) is 0 Å². The van der Waals surface area contributed by atoms with Gasteiger partial charge in [0.25, 0.3) is 0 Å². The van der Waals surface area contributed by atoms with Gasteiger partial charge in [0.15, 0.2) is 0 Å². The number of carbonyl (C=O) groups excluding carboxylic acids is 1. The normalized spacial score (nSPS) is 15.3. The molecule has 0 radical (unpaired) electrons. The number of hydrogen-bond donors (Lipinski definition) is 0. The minimum absolute atomic E-state index is 0.344. The highest BCUT2D eigenvalue weighted by molar-refractivity contribution is 6.30. The predicted octanol–water partition coefficient (Wildman–Crippen LogP) is 5.58. The molecule has 4 rings (SSSR count). The van der Waals surface area contributed by atoms with Crippen molar-refractivity contribution in [3.63, 3.8) is 0 Å². The zero-order valence-corrected chi connectivity index (χ0v) is 14.0. The third kappa shape index (κ3) is 3.12. The SMILES string of the molecule is O=C1Oc2ccccc2C1=C(c1ccccc1)c1ccc(C(F)(F)F)cc1. The van der Waals surface area contributed by atoms with Gasteiger partial charge in [-0.1, -0.05) is 60.7 Å². The fraction of sp³-hybridized carbons (Fsp3) is 0.0455. The van der Waals surface area contributed by atoms with Gasteiger partial charge in [-0.2, -0.15) is 13.2 Å². The lowest BCUT2D eigenvalue weighted by atomic mass is 9.89. The molecule has 27 heavy (non-hydrogen) atoms. The van der Waals surface area contributed by atoms with Gasteiger partial charge in [-0.15, -0.1) is 0 Å². The van der Waals surface area contributed by atoms with Crippen molar-refractivity contribution in [3.05, 3.63) is 101 Å². The number of alkyl halides is 3. The zero-order chi connectivity index (χ0) is 19.0. The number of para-hydroxylation sites is 1. The number of halogens is 3. The average Bonchev–Trinajstić information content (AvgIpc) is 2.99. The molecular weight excluding hydrogens is 353 g/mol. The van der Waals surface area contributed by atoms with E-state index in [0.29, 0.717) is 28.0 Å². The van der Waals surface area contributed by atoms with Gasteiger partial charge in [0, 0.05) is 11.1 Å².